The fourth-order valence-corrected chi connectivity index (χ4v) is 0.956. The highest BCUT2D eigenvalue weighted by atomic mass is 16.4. The van der Waals surface area contributed by atoms with Crippen LogP contribution in [-0.2, 0) is 6.37 Å². The van der Waals surface area contributed by atoms with E-state index in [0.29, 0.717) is 0 Å². The van der Waals surface area contributed by atoms with Crippen LogP contribution in [0.5, 0.6) is 0 Å². The van der Waals surface area contributed by atoms with Crippen LogP contribution < -0.4 is 5.46 Å². The third kappa shape index (κ3) is 2.08. The predicted molar refractivity (Wildman–Crippen MR) is 50.4 cm³/mol. The summed E-state index contributed by atoms with van der Waals surface area (Å²) in [7, 11) is -1.87. The van der Waals surface area contributed by atoms with Gasteiger partial charge in [-0.2, -0.15) is 5.26 Å². The quantitative estimate of drug-likeness (QED) is 0.619. The summed E-state index contributed by atoms with van der Waals surface area (Å²) in [5, 5.41) is 26.8. The fraction of sp³-hybridized carbons (Fsp3) is 0.222. The van der Waals surface area contributed by atoms with Gasteiger partial charge in [0, 0.05) is 6.85 Å². The van der Waals surface area contributed by atoms with Crippen LogP contribution >= 0.6 is 0 Å². The summed E-state index contributed by atoms with van der Waals surface area (Å²) < 4.78 is 36.4. The van der Waals surface area contributed by atoms with Crippen LogP contribution in [-0.4, -0.2) is 17.2 Å². The molecule has 13 heavy (non-hydrogen) atoms. The van der Waals surface area contributed by atoms with E-state index in [9.17, 15) is 0 Å². The van der Waals surface area contributed by atoms with Gasteiger partial charge in [0.05, 0.1) is 11.6 Å². The molecule has 0 amide bonds. The summed E-state index contributed by atoms with van der Waals surface area (Å²) in [4.78, 5) is 0. The molecule has 0 radical (unpaired) electrons. The number of benzene rings is 1. The third-order valence-corrected chi connectivity index (χ3v) is 1.60. The summed E-state index contributed by atoms with van der Waals surface area (Å²) in [5.41, 5.74) is -0.471. The van der Waals surface area contributed by atoms with Gasteiger partial charge in [-0.25, -0.2) is 0 Å². The summed E-state index contributed by atoms with van der Waals surface area (Å²) in [6.45, 7) is -2.88. The maximum atomic E-state index is 8.99. The van der Waals surface area contributed by atoms with E-state index in [1.54, 1.807) is 6.07 Å². The second kappa shape index (κ2) is 4.08. The lowest BCUT2D eigenvalue weighted by Gasteiger charge is -2.03. The maximum Gasteiger partial charge on any atom is 0.489 e. The molecule has 0 saturated carbocycles. The highest BCUT2D eigenvalue weighted by Gasteiger charge is 2.15. The first-order chi connectivity index (χ1) is 8.11. The number of rotatable bonds is 2. The Morgan fingerprint density at radius 3 is 3.00 bits per heavy atom. The van der Waals surface area contributed by atoms with Crippen molar-refractivity contribution in [2.24, 2.45) is 0 Å². The molecule has 0 spiro atoms. The predicted octanol–water partition coefficient (Wildman–Crippen LogP) is -0.200. The van der Waals surface area contributed by atoms with E-state index in [-0.39, 0.29) is 16.6 Å². The van der Waals surface area contributed by atoms with Crippen LogP contribution in [0.15, 0.2) is 18.2 Å². The zero-order chi connectivity index (χ0) is 14.1. The Hall–Kier alpha value is -1.31. The van der Waals surface area contributed by atoms with E-state index >= 15 is 0 Å². The standard InChI is InChI=1S/C9H10BNO2/c1-2-7-3-4-9(10(12)13)8(5-7)6-11/h3-5,12-13H,2H2,1H3/i1D3,2D2. The highest BCUT2D eigenvalue weighted by Crippen LogP contribution is 2.03. The molecule has 1 rings (SSSR count). The van der Waals surface area contributed by atoms with E-state index in [1.165, 1.54) is 0 Å². The topological polar surface area (TPSA) is 64.2 Å². The molecule has 2 N–H and O–H groups in total. The second-order valence-corrected chi connectivity index (χ2v) is 2.41. The lowest BCUT2D eigenvalue weighted by molar-refractivity contribution is 0.425. The largest absolute Gasteiger partial charge is 0.489 e. The smallest absolute Gasteiger partial charge is 0.423 e. The molecule has 0 heterocycles. The van der Waals surface area contributed by atoms with Gasteiger partial charge in [0.2, 0.25) is 0 Å². The minimum atomic E-state index is -2.88. The van der Waals surface area contributed by atoms with E-state index < -0.39 is 20.3 Å². The van der Waals surface area contributed by atoms with Crippen LogP contribution in [0.1, 0.15) is 24.8 Å². The van der Waals surface area contributed by atoms with Crippen molar-refractivity contribution in [2.75, 3.05) is 0 Å². The minimum absolute atomic E-state index is 0.0948. The Balaban J connectivity index is 3.35. The van der Waals surface area contributed by atoms with Crippen molar-refractivity contribution >= 4 is 12.6 Å². The molecule has 66 valence electrons. The zero-order valence-corrected chi connectivity index (χ0v) is 6.65. The summed E-state index contributed by atoms with van der Waals surface area (Å²) >= 11 is 0. The van der Waals surface area contributed by atoms with E-state index in [2.05, 4.69) is 0 Å². The molecule has 1 aromatic rings. The molecular formula is C9H10BNO2. The molecule has 0 saturated heterocycles. The van der Waals surface area contributed by atoms with E-state index in [0.717, 1.165) is 18.2 Å². The van der Waals surface area contributed by atoms with Crippen LogP contribution in [0.3, 0.4) is 0 Å². The monoisotopic (exact) mass is 180 g/mol. The molecule has 0 atom stereocenters. The first kappa shape index (κ1) is 4.80. The molecule has 0 unspecified atom stereocenters. The van der Waals surface area contributed by atoms with E-state index in [4.69, 9.17) is 22.2 Å². The maximum absolute atomic E-state index is 8.99. The average molecular weight is 180 g/mol. The number of hydrogen-bond acceptors (Lipinski definition) is 3. The Morgan fingerprint density at radius 1 is 1.69 bits per heavy atom. The molecule has 0 aliphatic carbocycles. The van der Waals surface area contributed by atoms with Gasteiger partial charge in [0.15, 0.2) is 0 Å². The van der Waals surface area contributed by atoms with Gasteiger partial charge in [-0.1, -0.05) is 19.0 Å². The molecule has 0 bridgehead atoms. The number of nitriles is 1. The van der Waals surface area contributed by atoms with Gasteiger partial charge in [-0.05, 0) is 23.5 Å². The molecule has 0 aliphatic heterocycles. The SMILES string of the molecule is [2H]C([2H])([2H])C([2H])([2H])c1ccc(B(O)O)c(C#N)c1. The molecule has 0 fully saturated rings. The van der Waals surface area contributed by atoms with Crippen molar-refractivity contribution in [2.45, 2.75) is 13.2 Å². The van der Waals surface area contributed by atoms with Crippen molar-refractivity contribution in [1.82, 2.24) is 0 Å². The van der Waals surface area contributed by atoms with Crippen molar-refractivity contribution in [3.63, 3.8) is 0 Å². The second-order valence-electron chi connectivity index (χ2n) is 2.41. The van der Waals surface area contributed by atoms with Crippen molar-refractivity contribution in [3.05, 3.63) is 29.3 Å². The van der Waals surface area contributed by atoms with Crippen LogP contribution in [0.2, 0.25) is 0 Å². The Bertz CT molecular complexity index is 495. The highest BCUT2D eigenvalue weighted by molar-refractivity contribution is 6.59. The minimum Gasteiger partial charge on any atom is -0.423 e. The number of aryl methyl sites for hydroxylation is 1. The Morgan fingerprint density at radius 2 is 2.46 bits per heavy atom. The molecule has 0 aromatic heterocycles. The van der Waals surface area contributed by atoms with Gasteiger partial charge in [0.25, 0.3) is 0 Å². The molecular weight excluding hydrogens is 165 g/mol. The van der Waals surface area contributed by atoms with Gasteiger partial charge in [0.1, 0.15) is 0 Å². The van der Waals surface area contributed by atoms with Gasteiger partial charge < -0.3 is 10.0 Å². The van der Waals surface area contributed by atoms with Crippen LogP contribution in [0.25, 0.3) is 0 Å². The average Bonchev–Trinajstić information content (AvgIpc) is 2.26. The lowest BCUT2D eigenvalue weighted by atomic mass is 9.76. The van der Waals surface area contributed by atoms with Crippen molar-refractivity contribution < 1.29 is 16.9 Å². The van der Waals surface area contributed by atoms with Crippen LogP contribution in [0.4, 0.5) is 0 Å². The van der Waals surface area contributed by atoms with Gasteiger partial charge in [-0.3, -0.25) is 0 Å². The van der Waals surface area contributed by atoms with Gasteiger partial charge >= 0.3 is 7.12 Å². The molecule has 0 aliphatic rings. The first-order valence-electron chi connectivity index (χ1n) is 6.02. The lowest BCUT2D eigenvalue weighted by Crippen LogP contribution is -2.32. The fourth-order valence-electron chi connectivity index (χ4n) is 0.956. The van der Waals surface area contributed by atoms with Gasteiger partial charge in [-0.15, -0.1) is 0 Å². The summed E-state index contributed by atoms with van der Waals surface area (Å²) in [6, 6.07) is 4.94. The Kier molecular flexibility index (Phi) is 1.51. The number of hydrogen-bond donors (Lipinski definition) is 2. The summed E-state index contributed by atoms with van der Waals surface area (Å²) in [6.07, 6.45) is -2.61. The van der Waals surface area contributed by atoms with E-state index in [1.807, 2.05) is 0 Å². The number of nitrogens with zero attached hydrogens (tertiary/aromatic N) is 1. The Labute approximate surface area is 84.4 Å². The summed E-state index contributed by atoms with van der Waals surface area (Å²) in [5.74, 6) is 0. The molecule has 3 nitrogen and oxygen atoms in total. The van der Waals surface area contributed by atoms with Crippen molar-refractivity contribution in [3.8, 4) is 6.07 Å². The van der Waals surface area contributed by atoms with Crippen LogP contribution in [0, 0.1) is 11.3 Å². The first-order valence-corrected chi connectivity index (χ1v) is 3.52. The normalized spacial score (nSPS) is 17.2. The molecule has 1 aromatic carbocycles. The molecule has 4 heteroatoms. The zero-order valence-electron chi connectivity index (χ0n) is 11.7. The van der Waals surface area contributed by atoms with Crippen molar-refractivity contribution in [1.29, 1.82) is 5.26 Å². The third-order valence-electron chi connectivity index (χ3n) is 1.60.